The number of hydrogen-bond donors (Lipinski definition) is 2. The SMILES string of the molecule is CCC(CC)(C(Cc1ccc(Br)s1)NN)N(C)C. The molecular formula is C13H24BrN3S. The van der Waals surface area contributed by atoms with Gasteiger partial charge in [0.2, 0.25) is 0 Å². The van der Waals surface area contributed by atoms with Crippen LogP contribution in [0.1, 0.15) is 31.6 Å². The van der Waals surface area contributed by atoms with Crippen molar-refractivity contribution in [3.05, 3.63) is 20.8 Å². The van der Waals surface area contributed by atoms with Crippen LogP contribution in [0.4, 0.5) is 0 Å². The molecule has 0 aliphatic carbocycles. The second-order valence-corrected chi connectivity index (χ2v) is 7.38. The smallest absolute Gasteiger partial charge is 0.0701 e. The van der Waals surface area contributed by atoms with E-state index in [9.17, 15) is 0 Å². The van der Waals surface area contributed by atoms with E-state index in [1.807, 2.05) is 0 Å². The first kappa shape index (κ1) is 16.1. The van der Waals surface area contributed by atoms with Crippen LogP contribution in [0.2, 0.25) is 0 Å². The molecule has 1 rings (SSSR count). The largest absolute Gasteiger partial charge is 0.302 e. The summed E-state index contributed by atoms with van der Waals surface area (Å²) in [5.41, 5.74) is 3.14. The molecule has 0 fully saturated rings. The highest BCUT2D eigenvalue weighted by molar-refractivity contribution is 9.11. The highest BCUT2D eigenvalue weighted by atomic mass is 79.9. The Morgan fingerprint density at radius 2 is 2.00 bits per heavy atom. The average Bonchev–Trinajstić information content (AvgIpc) is 2.75. The normalized spacial score (nSPS) is 14.2. The summed E-state index contributed by atoms with van der Waals surface area (Å²) in [7, 11) is 4.28. The van der Waals surface area contributed by atoms with E-state index in [1.165, 1.54) is 8.66 Å². The zero-order valence-corrected chi connectivity index (χ0v) is 14.1. The first-order valence-corrected chi connectivity index (χ1v) is 7.98. The number of nitrogens with zero attached hydrogens (tertiary/aromatic N) is 1. The van der Waals surface area contributed by atoms with Crippen molar-refractivity contribution in [3.8, 4) is 0 Å². The molecule has 1 aromatic heterocycles. The van der Waals surface area contributed by atoms with Crippen molar-refractivity contribution in [2.45, 2.75) is 44.7 Å². The predicted octanol–water partition coefficient (Wildman–Crippen LogP) is 3.01. The summed E-state index contributed by atoms with van der Waals surface area (Å²) in [5.74, 6) is 5.82. The number of nitrogens with two attached hydrogens (primary N) is 1. The monoisotopic (exact) mass is 333 g/mol. The summed E-state index contributed by atoms with van der Waals surface area (Å²) in [5, 5.41) is 0. The molecule has 3 nitrogen and oxygen atoms in total. The van der Waals surface area contributed by atoms with Crippen LogP contribution in [0.25, 0.3) is 0 Å². The van der Waals surface area contributed by atoms with Crippen molar-refractivity contribution in [3.63, 3.8) is 0 Å². The minimum atomic E-state index is 0.102. The first-order chi connectivity index (χ1) is 8.50. The zero-order valence-electron chi connectivity index (χ0n) is 11.7. The minimum absolute atomic E-state index is 0.102. The lowest BCUT2D eigenvalue weighted by atomic mass is 9.81. The second kappa shape index (κ2) is 7.01. The van der Waals surface area contributed by atoms with Gasteiger partial charge < -0.3 is 4.90 Å². The number of hydrazine groups is 1. The fourth-order valence-corrected chi connectivity index (χ4v) is 4.28. The molecule has 1 unspecified atom stereocenters. The Morgan fingerprint density at radius 1 is 1.39 bits per heavy atom. The number of hydrogen-bond acceptors (Lipinski definition) is 4. The van der Waals surface area contributed by atoms with Crippen LogP contribution in [0.3, 0.4) is 0 Å². The van der Waals surface area contributed by atoms with Gasteiger partial charge >= 0.3 is 0 Å². The van der Waals surface area contributed by atoms with Crippen LogP contribution < -0.4 is 11.3 Å². The Hall–Kier alpha value is 0.0600. The molecule has 18 heavy (non-hydrogen) atoms. The number of halogens is 1. The molecule has 0 saturated carbocycles. The Morgan fingerprint density at radius 3 is 2.33 bits per heavy atom. The van der Waals surface area contributed by atoms with E-state index >= 15 is 0 Å². The summed E-state index contributed by atoms with van der Waals surface area (Å²) in [6, 6.07) is 4.53. The van der Waals surface area contributed by atoms with Crippen LogP contribution in [0.15, 0.2) is 15.9 Å². The molecule has 104 valence electrons. The molecule has 5 heteroatoms. The summed E-state index contributed by atoms with van der Waals surface area (Å²) in [4.78, 5) is 3.66. The van der Waals surface area contributed by atoms with E-state index in [2.05, 4.69) is 66.3 Å². The standard InChI is InChI=1S/C13H24BrN3S/c1-5-13(6-2,17(3)4)11(16-15)9-10-7-8-12(14)18-10/h7-8,11,16H,5-6,9,15H2,1-4H3. The summed E-state index contributed by atoms with van der Waals surface area (Å²) < 4.78 is 1.18. The van der Waals surface area contributed by atoms with E-state index < -0.39 is 0 Å². The van der Waals surface area contributed by atoms with Crippen molar-refractivity contribution >= 4 is 27.3 Å². The Balaban J connectivity index is 2.92. The van der Waals surface area contributed by atoms with Crippen molar-refractivity contribution in [1.82, 2.24) is 10.3 Å². The number of rotatable bonds is 7. The van der Waals surface area contributed by atoms with Crippen LogP contribution in [-0.4, -0.2) is 30.6 Å². The third-order valence-electron chi connectivity index (χ3n) is 4.00. The topological polar surface area (TPSA) is 41.3 Å². The maximum absolute atomic E-state index is 5.82. The molecule has 1 atom stereocenters. The highest BCUT2D eigenvalue weighted by Gasteiger charge is 2.37. The minimum Gasteiger partial charge on any atom is -0.302 e. The van der Waals surface area contributed by atoms with Crippen molar-refractivity contribution in [2.75, 3.05) is 14.1 Å². The molecular weight excluding hydrogens is 310 g/mol. The lowest BCUT2D eigenvalue weighted by molar-refractivity contribution is 0.0886. The second-order valence-electron chi connectivity index (χ2n) is 4.83. The third kappa shape index (κ3) is 3.33. The number of nitrogens with one attached hydrogen (secondary N) is 1. The molecule has 0 aliphatic rings. The Kier molecular flexibility index (Phi) is 6.27. The molecule has 1 aromatic rings. The van der Waals surface area contributed by atoms with Crippen molar-refractivity contribution in [1.29, 1.82) is 0 Å². The fraction of sp³-hybridized carbons (Fsp3) is 0.692. The van der Waals surface area contributed by atoms with Gasteiger partial charge in [-0.05, 0) is 55.0 Å². The van der Waals surface area contributed by atoms with E-state index in [0.29, 0.717) is 0 Å². The highest BCUT2D eigenvalue weighted by Crippen LogP contribution is 2.30. The van der Waals surface area contributed by atoms with Gasteiger partial charge in [-0.15, -0.1) is 11.3 Å². The van der Waals surface area contributed by atoms with Gasteiger partial charge in [0.15, 0.2) is 0 Å². The molecule has 0 aliphatic heterocycles. The van der Waals surface area contributed by atoms with E-state index in [0.717, 1.165) is 19.3 Å². The molecule has 1 heterocycles. The van der Waals surface area contributed by atoms with Crippen LogP contribution in [0.5, 0.6) is 0 Å². The lowest BCUT2D eigenvalue weighted by Crippen LogP contribution is -2.61. The quantitative estimate of drug-likeness (QED) is 0.595. The average molecular weight is 334 g/mol. The summed E-state index contributed by atoms with van der Waals surface area (Å²) in [6.45, 7) is 4.47. The summed E-state index contributed by atoms with van der Waals surface area (Å²) >= 11 is 5.30. The van der Waals surface area contributed by atoms with E-state index in [1.54, 1.807) is 11.3 Å². The van der Waals surface area contributed by atoms with Gasteiger partial charge in [-0.3, -0.25) is 11.3 Å². The zero-order chi connectivity index (χ0) is 13.8. The van der Waals surface area contributed by atoms with Gasteiger partial charge in [0.05, 0.1) is 3.79 Å². The van der Waals surface area contributed by atoms with E-state index in [-0.39, 0.29) is 11.6 Å². The molecule has 0 radical (unpaired) electrons. The van der Waals surface area contributed by atoms with Gasteiger partial charge in [-0.25, -0.2) is 0 Å². The van der Waals surface area contributed by atoms with Gasteiger partial charge in [0.1, 0.15) is 0 Å². The van der Waals surface area contributed by atoms with E-state index in [4.69, 9.17) is 5.84 Å². The van der Waals surface area contributed by atoms with Crippen LogP contribution >= 0.6 is 27.3 Å². The predicted molar refractivity (Wildman–Crippen MR) is 83.8 cm³/mol. The number of likely N-dealkylation sites (N-methyl/N-ethyl adjacent to an activating group) is 1. The van der Waals surface area contributed by atoms with Gasteiger partial charge in [-0.1, -0.05) is 13.8 Å². The molecule has 3 N–H and O–H groups in total. The molecule has 0 bridgehead atoms. The van der Waals surface area contributed by atoms with Gasteiger partial charge in [0.25, 0.3) is 0 Å². The third-order valence-corrected chi connectivity index (χ3v) is 5.65. The van der Waals surface area contributed by atoms with Crippen molar-refractivity contribution in [2.24, 2.45) is 5.84 Å². The van der Waals surface area contributed by atoms with Crippen LogP contribution in [-0.2, 0) is 6.42 Å². The Bertz CT molecular complexity index is 361. The fourth-order valence-electron chi connectivity index (χ4n) is 2.75. The molecule has 0 saturated heterocycles. The molecule has 0 amide bonds. The van der Waals surface area contributed by atoms with Crippen molar-refractivity contribution < 1.29 is 0 Å². The van der Waals surface area contributed by atoms with Crippen LogP contribution in [0, 0.1) is 0 Å². The summed E-state index contributed by atoms with van der Waals surface area (Å²) in [6.07, 6.45) is 3.13. The first-order valence-electron chi connectivity index (χ1n) is 6.38. The molecule has 0 spiro atoms. The Labute approximate surface area is 123 Å². The van der Waals surface area contributed by atoms with Gasteiger partial charge in [-0.2, -0.15) is 0 Å². The lowest BCUT2D eigenvalue weighted by Gasteiger charge is -2.44. The molecule has 0 aromatic carbocycles. The maximum atomic E-state index is 5.82. The number of thiophene rings is 1. The van der Waals surface area contributed by atoms with Gasteiger partial charge in [0, 0.05) is 22.9 Å². The maximum Gasteiger partial charge on any atom is 0.0701 e.